The van der Waals surface area contributed by atoms with E-state index in [0.717, 1.165) is 19.5 Å². The predicted octanol–water partition coefficient (Wildman–Crippen LogP) is 2.16. The Morgan fingerprint density at radius 1 is 1.29 bits per heavy atom. The molecule has 2 rings (SSSR count). The van der Waals surface area contributed by atoms with E-state index in [1.165, 1.54) is 11.8 Å². The fraction of sp³-hybridized carbons (Fsp3) is 0.429. The van der Waals surface area contributed by atoms with E-state index in [1.54, 1.807) is 24.3 Å². The second-order valence-electron chi connectivity index (χ2n) is 4.68. The Morgan fingerprint density at radius 3 is 2.62 bits per heavy atom. The molecule has 0 spiro atoms. The van der Waals surface area contributed by atoms with Crippen LogP contribution in [0.3, 0.4) is 0 Å². The van der Waals surface area contributed by atoms with Gasteiger partial charge in [-0.25, -0.2) is 0 Å². The van der Waals surface area contributed by atoms with Crippen LogP contribution in [0, 0.1) is 0 Å². The van der Waals surface area contributed by atoms with Gasteiger partial charge >= 0.3 is 0 Å². The molecule has 4 nitrogen and oxygen atoms in total. The van der Waals surface area contributed by atoms with Crippen LogP contribution in [0.5, 0.6) is 0 Å². The zero-order valence-electron chi connectivity index (χ0n) is 11.4. The molecule has 1 heterocycles. The quantitative estimate of drug-likeness (QED) is 0.773. The van der Waals surface area contributed by atoms with Gasteiger partial charge < -0.3 is 10.6 Å². The summed E-state index contributed by atoms with van der Waals surface area (Å²) in [6, 6.07) is 7.03. The molecular formula is C14H18Cl2N2O2S. The third kappa shape index (κ3) is 6.26. The summed E-state index contributed by atoms with van der Waals surface area (Å²) in [5.74, 6) is 0.628. The molecule has 1 aliphatic rings. The molecule has 0 aliphatic carbocycles. The van der Waals surface area contributed by atoms with E-state index in [2.05, 4.69) is 10.6 Å². The highest BCUT2D eigenvalue weighted by Crippen LogP contribution is 2.12. The number of carbonyl (C=O) groups excluding carboxylic acids is 2. The molecule has 1 saturated heterocycles. The Balaban J connectivity index is 0.00000220. The molecule has 0 bridgehead atoms. The second-order valence-corrected chi connectivity index (χ2v) is 6.10. The number of carbonyl (C=O) groups is 2. The zero-order valence-corrected chi connectivity index (χ0v) is 13.8. The van der Waals surface area contributed by atoms with Gasteiger partial charge in [0.05, 0.1) is 11.5 Å². The summed E-state index contributed by atoms with van der Waals surface area (Å²) in [6.45, 7) is 1.78. The van der Waals surface area contributed by atoms with Crippen LogP contribution in [-0.2, 0) is 4.79 Å². The van der Waals surface area contributed by atoms with Gasteiger partial charge in [0.15, 0.2) is 5.78 Å². The van der Waals surface area contributed by atoms with Crippen molar-refractivity contribution in [2.24, 2.45) is 0 Å². The maximum atomic E-state index is 11.9. The first-order chi connectivity index (χ1) is 9.65. The lowest BCUT2D eigenvalue weighted by Gasteiger charge is -2.10. The van der Waals surface area contributed by atoms with Crippen molar-refractivity contribution in [2.45, 2.75) is 12.5 Å². The highest BCUT2D eigenvalue weighted by Gasteiger charge is 2.16. The van der Waals surface area contributed by atoms with E-state index in [1.807, 2.05) is 0 Å². The molecule has 0 aromatic heterocycles. The monoisotopic (exact) mass is 348 g/mol. The van der Waals surface area contributed by atoms with Gasteiger partial charge in [0, 0.05) is 23.2 Å². The van der Waals surface area contributed by atoms with Crippen LogP contribution in [0.2, 0.25) is 5.02 Å². The van der Waals surface area contributed by atoms with E-state index in [0.29, 0.717) is 22.1 Å². The normalized spacial score (nSPS) is 17.1. The average molecular weight is 349 g/mol. The van der Waals surface area contributed by atoms with Crippen LogP contribution in [0.4, 0.5) is 0 Å². The molecule has 1 amide bonds. The molecule has 1 aliphatic heterocycles. The van der Waals surface area contributed by atoms with E-state index in [9.17, 15) is 9.59 Å². The third-order valence-corrected chi connectivity index (χ3v) is 4.24. The maximum absolute atomic E-state index is 11.9. The van der Waals surface area contributed by atoms with E-state index < -0.39 is 0 Å². The zero-order chi connectivity index (χ0) is 14.4. The number of hydrogen-bond acceptors (Lipinski definition) is 4. The highest BCUT2D eigenvalue weighted by molar-refractivity contribution is 8.00. The predicted molar refractivity (Wildman–Crippen MR) is 89.8 cm³/mol. The summed E-state index contributed by atoms with van der Waals surface area (Å²) in [4.78, 5) is 23.5. The molecular weight excluding hydrogens is 331 g/mol. The van der Waals surface area contributed by atoms with E-state index >= 15 is 0 Å². The van der Waals surface area contributed by atoms with Crippen LogP contribution in [0.15, 0.2) is 24.3 Å². The maximum Gasteiger partial charge on any atom is 0.230 e. The third-order valence-electron chi connectivity index (χ3n) is 3.06. The lowest BCUT2D eigenvalue weighted by Crippen LogP contribution is -2.37. The second kappa shape index (κ2) is 9.30. The van der Waals surface area contributed by atoms with Gasteiger partial charge in [-0.15, -0.1) is 24.2 Å². The van der Waals surface area contributed by atoms with Crippen molar-refractivity contribution in [3.05, 3.63) is 34.9 Å². The van der Waals surface area contributed by atoms with Crippen molar-refractivity contribution >= 4 is 47.5 Å². The lowest BCUT2D eigenvalue weighted by molar-refractivity contribution is -0.119. The fourth-order valence-electron chi connectivity index (χ4n) is 2.00. The minimum atomic E-state index is -0.00685. The SMILES string of the molecule is Cl.O=C(CSCC(=O)c1ccc(Cl)cc1)NC1CCNC1. The highest BCUT2D eigenvalue weighted by atomic mass is 35.5. The Morgan fingerprint density at radius 2 is 2.00 bits per heavy atom. The standard InChI is InChI=1S/C14H17ClN2O2S.ClH/c15-11-3-1-10(2-4-11)13(18)8-20-9-14(19)17-12-5-6-16-7-12;/h1-4,12,16H,5-9H2,(H,17,19);1H. The van der Waals surface area contributed by atoms with Crippen LogP contribution in [0.25, 0.3) is 0 Å². The first kappa shape index (κ1) is 18.3. The van der Waals surface area contributed by atoms with Gasteiger partial charge in [0.25, 0.3) is 0 Å². The Hall–Kier alpha value is -0.750. The van der Waals surface area contributed by atoms with Crippen molar-refractivity contribution in [3.63, 3.8) is 0 Å². The molecule has 116 valence electrons. The van der Waals surface area contributed by atoms with Gasteiger partial charge in [0.1, 0.15) is 0 Å². The van der Waals surface area contributed by atoms with Crippen LogP contribution >= 0.6 is 35.8 Å². The number of benzene rings is 1. The number of nitrogens with one attached hydrogen (secondary N) is 2. The number of Topliss-reactive ketones (excluding diaryl/α,β-unsaturated/α-hetero) is 1. The van der Waals surface area contributed by atoms with Crippen LogP contribution in [0.1, 0.15) is 16.8 Å². The minimum absolute atomic E-state index is 0. The molecule has 1 aromatic carbocycles. The molecule has 0 saturated carbocycles. The molecule has 7 heteroatoms. The van der Waals surface area contributed by atoms with Gasteiger partial charge in [-0.2, -0.15) is 0 Å². The van der Waals surface area contributed by atoms with Gasteiger partial charge in [-0.1, -0.05) is 11.6 Å². The molecule has 1 aromatic rings. The molecule has 21 heavy (non-hydrogen) atoms. The smallest absolute Gasteiger partial charge is 0.230 e. The summed E-state index contributed by atoms with van der Waals surface area (Å²) in [5, 5.41) is 6.75. The number of halogens is 2. The minimum Gasteiger partial charge on any atom is -0.351 e. The Labute approximate surface area is 139 Å². The van der Waals surface area contributed by atoms with Gasteiger partial charge in [-0.3, -0.25) is 9.59 Å². The van der Waals surface area contributed by atoms with Crippen molar-refractivity contribution in [3.8, 4) is 0 Å². The number of amides is 1. The van der Waals surface area contributed by atoms with Crippen molar-refractivity contribution < 1.29 is 9.59 Å². The Bertz CT molecular complexity index is 476. The Kier molecular flexibility index (Phi) is 8.11. The molecule has 1 atom stereocenters. The fourth-order valence-corrected chi connectivity index (χ4v) is 2.85. The summed E-state index contributed by atoms with van der Waals surface area (Å²) in [5.41, 5.74) is 0.627. The molecule has 2 N–H and O–H groups in total. The van der Waals surface area contributed by atoms with E-state index in [4.69, 9.17) is 11.6 Å². The molecule has 0 radical (unpaired) electrons. The van der Waals surface area contributed by atoms with Crippen LogP contribution in [-0.4, -0.2) is 42.3 Å². The number of rotatable bonds is 6. The first-order valence-corrected chi connectivity index (χ1v) is 8.05. The summed E-state index contributed by atoms with van der Waals surface area (Å²) >= 11 is 7.11. The largest absolute Gasteiger partial charge is 0.351 e. The summed E-state index contributed by atoms with van der Waals surface area (Å²) in [6.07, 6.45) is 0.972. The van der Waals surface area contributed by atoms with Crippen molar-refractivity contribution in [2.75, 3.05) is 24.6 Å². The van der Waals surface area contributed by atoms with Crippen molar-refractivity contribution in [1.29, 1.82) is 0 Å². The lowest BCUT2D eigenvalue weighted by atomic mass is 10.1. The van der Waals surface area contributed by atoms with Gasteiger partial charge in [-0.05, 0) is 37.2 Å². The average Bonchev–Trinajstić information content (AvgIpc) is 2.92. The number of hydrogen-bond donors (Lipinski definition) is 2. The van der Waals surface area contributed by atoms with Crippen molar-refractivity contribution in [1.82, 2.24) is 10.6 Å². The molecule has 1 fully saturated rings. The number of ketones is 1. The topological polar surface area (TPSA) is 58.2 Å². The van der Waals surface area contributed by atoms with Gasteiger partial charge in [0.2, 0.25) is 5.91 Å². The number of thioether (sulfide) groups is 1. The van der Waals surface area contributed by atoms with E-state index in [-0.39, 0.29) is 30.1 Å². The summed E-state index contributed by atoms with van der Waals surface area (Å²) in [7, 11) is 0. The molecule has 1 unspecified atom stereocenters. The van der Waals surface area contributed by atoms with Crippen LogP contribution < -0.4 is 10.6 Å². The first-order valence-electron chi connectivity index (χ1n) is 6.52. The summed E-state index contributed by atoms with van der Waals surface area (Å²) < 4.78 is 0.